The van der Waals surface area contributed by atoms with Crippen molar-refractivity contribution in [3.8, 4) is 0 Å². The molecule has 1 rings (SSSR count). The van der Waals surface area contributed by atoms with Crippen molar-refractivity contribution >= 4 is 35.3 Å². The van der Waals surface area contributed by atoms with Gasteiger partial charge in [0, 0.05) is 20.7 Å². The zero-order valence-electron chi connectivity index (χ0n) is 13.7. The first-order chi connectivity index (χ1) is 9.57. The predicted molar refractivity (Wildman–Crippen MR) is 98.3 cm³/mol. The van der Waals surface area contributed by atoms with Gasteiger partial charge in [0.2, 0.25) is 0 Å². The maximum absolute atomic E-state index is 5.20. The Kier molecular flexibility index (Phi) is 6.23. The van der Waals surface area contributed by atoms with Crippen LogP contribution in [0.3, 0.4) is 0 Å². The van der Waals surface area contributed by atoms with E-state index in [9.17, 15) is 0 Å². The summed E-state index contributed by atoms with van der Waals surface area (Å²) in [6.45, 7) is 12.8. The highest BCUT2D eigenvalue weighted by Crippen LogP contribution is 2.33. The van der Waals surface area contributed by atoms with Crippen LogP contribution in [0, 0.1) is 0 Å². The van der Waals surface area contributed by atoms with Crippen LogP contribution in [0.15, 0.2) is 34.3 Å². The Morgan fingerprint density at radius 2 is 1.76 bits per heavy atom. The quantitative estimate of drug-likeness (QED) is 0.379. The van der Waals surface area contributed by atoms with E-state index in [1.807, 2.05) is 30.1 Å². The van der Waals surface area contributed by atoms with Gasteiger partial charge >= 0.3 is 0 Å². The summed E-state index contributed by atoms with van der Waals surface area (Å²) < 4.78 is 0.167. The van der Waals surface area contributed by atoms with Gasteiger partial charge in [0.15, 0.2) is 5.11 Å². The molecule has 21 heavy (non-hydrogen) atoms. The molecule has 3 nitrogen and oxygen atoms in total. The van der Waals surface area contributed by atoms with Gasteiger partial charge in [0.1, 0.15) is 0 Å². The molecule has 2 N–H and O–H groups in total. The second kappa shape index (κ2) is 7.27. The Morgan fingerprint density at radius 1 is 1.14 bits per heavy atom. The van der Waals surface area contributed by atoms with E-state index in [0.717, 1.165) is 5.56 Å². The second-order valence-corrected chi connectivity index (χ2v) is 9.10. The standard InChI is InChI=1S/C16H25N3S2/c1-15(2,3)18-14(20)19-17-11-12-9-7-8-10-13(12)21-16(4,5)6/h7-11H,1-6H3,(H2,18,19,20)/b17-11+. The van der Waals surface area contributed by atoms with E-state index in [1.165, 1.54) is 4.90 Å². The van der Waals surface area contributed by atoms with Crippen LogP contribution in [0.4, 0.5) is 0 Å². The van der Waals surface area contributed by atoms with Crippen LogP contribution in [0.2, 0.25) is 0 Å². The fraction of sp³-hybridized carbons (Fsp3) is 0.500. The normalized spacial score (nSPS) is 12.5. The SMILES string of the molecule is CC(C)(C)NC(=S)N/N=C/c1ccccc1SC(C)(C)C. The molecule has 0 heterocycles. The number of thioether (sulfide) groups is 1. The van der Waals surface area contributed by atoms with Gasteiger partial charge in [-0.15, -0.1) is 11.8 Å². The molecule has 0 bridgehead atoms. The average molecular weight is 324 g/mol. The molecule has 0 fully saturated rings. The minimum Gasteiger partial charge on any atom is -0.357 e. The molecule has 5 heteroatoms. The van der Waals surface area contributed by atoms with Gasteiger partial charge in [0.25, 0.3) is 0 Å². The number of rotatable bonds is 3. The molecule has 0 unspecified atom stereocenters. The van der Waals surface area contributed by atoms with Gasteiger partial charge in [-0.1, -0.05) is 39.0 Å². The summed E-state index contributed by atoms with van der Waals surface area (Å²) in [5.41, 5.74) is 3.87. The van der Waals surface area contributed by atoms with Gasteiger partial charge in [0.05, 0.1) is 6.21 Å². The molecule has 0 aromatic heterocycles. The van der Waals surface area contributed by atoms with Crippen LogP contribution >= 0.6 is 24.0 Å². The Balaban J connectivity index is 2.71. The highest BCUT2D eigenvalue weighted by molar-refractivity contribution is 8.00. The summed E-state index contributed by atoms with van der Waals surface area (Å²) in [6, 6.07) is 8.23. The molecule has 0 atom stereocenters. The number of hydrogen-bond donors (Lipinski definition) is 2. The molecular weight excluding hydrogens is 298 g/mol. The lowest BCUT2D eigenvalue weighted by molar-refractivity contribution is 0.508. The third kappa shape index (κ3) is 8.07. The summed E-state index contributed by atoms with van der Waals surface area (Å²) in [4.78, 5) is 1.21. The summed E-state index contributed by atoms with van der Waals surface area (Å²) in [5, 5.41) is 7.91. The molecule has 0 aliphatic heterocycles. The number of nitrogens with one attached hydrogen (secondary N) is 2. The fourth-order valence-corrected chi connectivity index (χ4v) is 2.94. The zero-order valence-corrected chi connectivity index (χ0v) is 15.3. The Labute approximate surface area is 138 Å². The van der Waals surface area contributed by atoms with Crippen molar-refractivity contribution in [3.05, 3.63) is 29.8 Å². The number of thiocarbonyl (C=S) groups is 1. The summed E-state index contributed by atoms with van der Waals surface area (Å²) in [7, 11) is 0. The van der Waals surface area contributed by atoms with E-state index in [-0.39, 0.29) is 10.3 Å². The Bertz CT molecular complexity index is 511. The van der Waals surface area contributed by atoms with Gasteiger partial charge in [-0.25, -0.2) is 0 Å². The van der Waals surface area contributed by atoms with Crippen molar-refractivity contribution in [1.29, 1.82) is 0 Å². The molecule has 0 radical (unpaired) electrons. The minimum atomic E-state index is -0.0698. The topological polar surface area (TPSA) is 36.4 Å². The van der Waals surface area contributed by atoms with Crippen molar-refractivity contribution in [3.63, 3.8) is 0 Å². The van der Waals surface area contributed by atoms with Crippen LogP contribution in [0.25, 0.3) is 0 Å². The summed E-state index contributed by atoms with van der Waals surface area (Å²) >= 11 is 7.03. The molecular formula is C16H25N3S2. The van der Waals surface area contributed by atoms with Crippen LogP contribution in [-0.2, 0) is 0 Å². The summed E-state index contributed by atoms with van der Waals surface area (Å²) in [5.74, 6) is 0. The molecule has 116 valence electrons. The van der Waals surface area contributed by atoms with Crippen molar-refractivity contribution in [1.82, 2.24) is 10.7 Å². The Hall–Kier alpha value is -1.07. The Morgan fingerprint density at radius 3 is 2.33 bits per heavy atom. The molecule has 0 spiro atoms. The van der Waals surface area contributed by atoms with Crippen LogP contribution in [0.5, 0.6) is 0 Å². The van der Waals surface area contributed by atoms with Gasteiger partial charge in [-0.2, -0.15) is 5.10 Å². The van der Waals surface area contributed by atoms with Crippen LogP contribution < -0.4 is 10.7 Å². The zero-order chi connectivity index (χ0) is 16.1. The van der Waals surface area contributed by atoms with E-state index < -0.39 is 0 Å². The third-order valence-electron chi connectivity index (χ3n) is 2.19. The van der Waals surface area contributed by atoms with Gasteiger partial charge in [-0.3, -0.25) is 5.43 Å². The van der Waals surface area contributed by atoms with Crippen LogP contribution in [-0.4, -0.2) is 21.6 Å². The van der Waals surface area contributed by atoms with E-state index in [2.05, 4.69) is 69.5 Å². The van der Waals surface area contributed by atoms with E-state index >= 15 is 0 Å². The van der Waals surface area contributed by atoms with E-state index in [0.29, 0.717) is 5.11 Å². The van der Waals surface area contributed by atoms with E-state index in [1.54, 1.807) is 0 Å². The summed E-state index contributed by atoms with van der Waals surface area (Å²) in [6.07, 6.45) is 1.81. The van der Waals surface area contributed by atoms with Gasteiger partial charge in [-0.05, 0) is 39.1 Å². The van der Waals surface area contributed by atoms with Crippen molar-refractivity contribution in [2.75, 3.05) is 0 Å². The van der Waals surface area contributed by atoms with Crippen molar-refractivity contribution in [2.24, 2.45) is 5.10 Å². The lowest BCUT2D eigenvalue weighted by Gasteiger charge is -2.21. The van der Waals surface area contributed by atoms with Crippen molar-refractivity contribution in [2.45, 2.75) is 56.7 Å². The highest BCUT2D eigenvalue weighted by atomic mass is 32.2. The average Bonchev–Trinajstić information content (AvgIpc) is 2.27. The number of benzene rings is 1. The lowest BCUT2D eigenvalue weighted by atomic mass is 10.1. The maximum atomic E-state index is 5.20. The first-order valence-corrected chi connectivity index (χ1v) is 8.18. The maximum Gasteiger partial charge on any atom is 0.187 e. The van der Waals surface area contributed by atoms with E-state index in [4.69, 9.17) is 12.2 Å². The van der Waals surface area contributed by atoms with Crippen molar-refractivity contribution < 1.29 is 0 Å². The lowest BCUT2D eigenvalue weighted by Crippen LogP contribution is -2.44. The number of nitrogens with zero attached hydrogens (tertiary/aromatic N) is 1. The number of hydrazone groups is 1. The second-order valence-electron chi connectivity index (χ2n) is 6.83. The molecule has 0 amide bonds. The minimum absolute atomic E-state index is 0.0698. The molecule has 0 saturated carbocycles. The smallest absolute Gasteiger partial charge is 0.187 e. The van der Waals surface area contributed by atoms with Crippen LogP contribution in [0.1, 0.15) is 47.1 Å². The molecule has 0 aliphatic rings. The molecule has 1 aromatic carbocycles. The first kappa shape index (κ1) is 18.0. The fourth-order valence-electron chi connectivity index (χ4n) is 1.54. The monoisotopic (exact) mass is 323 g/mol. The largest absolute Gasteiger partial charge is 0.357 e. The molecule has 0 saturated heterocycles. The third-order valence-corrected chi connectivity index (χ3v) is 3.59. The first-order valence-electron chi connectivity index (χ1n) is 6.96. The predicted octanol–water partition coefficient (Wildman–Crippen LogP) is 4.17. The number of hydrogen-bond acceptors (Lipinski definition) is 3. The molecule has 0 aliphatic carbocycles. The molecule has 1 aromatic rings. The van der Waals surface area contributed by atoms with Gasteiger partial charge < -0.3 is 5.32 Å². The highest BCUT2D eigenvalue weighted by Gasteiger charge is 2.14.